The fourth-order valence-electron chi connectivity index (χ4n) is 0.476. The van der Waals surface area contributed by atoms with Crippen molar-refractivity contribution in [3.63, 3.8) is 0 Å². The van der Waals surface area contributed by atoms with Crippen LogP contribution in [0.15, 0.2) is 0 Å². The molecule has 1 aliphatic rings. The molecule has 1 saturated heterocycles. The monoisotopic (exact) mass is 104 g/mol. The molecule has 0 saturated carbocycles. The van der Waals surface area contributed by atoms with Crippen molar-refractivity contribution in [2.24, 2.45) is 0 Å². The summed E-state index contributed by atoms with van der Waals surface area (Å²) in [6, 6.07) is 0. The van der Waals surface area contributed by atoms with Crippen LogP contribution < -0.4 is 0 Å². The number of hydrogen-bond acceptors (Lipinski definition) is 2. The molecule has 0 aromatic carbocycles. The fraction of sp³-hybridized carbons (Fsp3) is 1.00. The Kier molecular flexibility index (Phi) is 2.96. The lowest BCUT2D eigenvalue weighted by Crippen LogP contribution is -1.97. The van der Waals surface area contributed by atoms with Gasteiger partial charge in [-0.1, -0.05) is 7.43 Å². The van der Waals surface area contributed by atoms with Crippen molar-refractivity contribution in [3.05, 3.63) is 0 Å². The fourth-order valence-corrected chi connectivity index (χ4v) is 0.476. The summed E-state index contributed by atoms with van der Waals surface area (Å²) < 4.78 is 9.86. The van der Waals surface area contributed by atoms with Crippen LogP contribution in [0.3, 0.4) is 0 Å². The lowest BCUT2D eigenvalue weighted by Gasteiger charge is -1.94. The molecule has 0 aliphatic carbocycles. The summed E-state index contributed by atoms with van der Waals surface area (Å²) in [5.74, 6) is 0. The second kappa shape index (κ2) is 2.99. The maximum atomic E-state index is 4.93. The average molecular weight is 104 g/mol. The van der Waals surface area contributed by atoms with Crippen molar-refractivity contribution < 1.29 is 9.47 Å². The second-order valence-electron chi connectivity index (χ2n) is 1.31. The molecule has 1 heterocycles. The van der Waals surface area contributed by atoms with Gasteiger partial charge in [-0.3, -0.25) is 0 Å². The third-order valence-electron chi connectivity index (χ3n) is 0.788. The third-order valence-corrected chi connectivity index (χ3v) is 0.788. The van der Waals surface area contributed by atoms with E-state index in [0.29, 0.717) is 0 Å². The van der Waals surface area contributed by atoms with Gasteiger partial charge in [-0.15, -0.1) is 0 Å². The van der Waals surface area contributed by atoms with Crippen LogP contribution in [0.5, 0.6) is 0 Å². The minimum Gasteiger partial charge on any atom is -0.351 e. The van der Waals surface area contributed by atoms with E-state index in [1.54, 1.807) is 0 Å². The highest BCUT2D eigenvalue weighted by Gasteiger charge is 2.07. The first-order chi connectivity index (χ1) is 2.89. The van der Waals surface area contributed by atoms with E-state index in [4.69, 9.17) is 9.47 Å². The predicted molar refractivity (Wildman–Crippen MR) is 28.1 cm³/mol. The molecule has 0 aromatic heterocycles. The first-order valence-corrected chi connectivity index (χ1v) is 2.13. The van der Waals surface area contributed by atoms with Gasteiger partial charge < -0.3 is 9.47 Å². The van der Waals surface area contributed by atoms with Crippen LogP contribution in [0.1, 0.15) is 14.4 Å². The Labute approximate surface area is 44.4 Å². The summed E-state index contributed by atoms with van der Waals surface area (Å²) in [5.41, 5.74) is 0. The SMILES string of the molecule is C.CC1OCCO1. The van der Waals surface area contributed by atoms with Gasteiger partial charge in [0.25, 0.3) is 0 Å². The average Bonchev–Trinajstić information content (AvgIpc) is 1.86. The number of rotatable bonds is 0. The molecule has 1 fully saturated rings. The molecule has 7 heavy (non-hydrogen) atoms. The molecule has 0 bridgehead atoms. The first-order valence-electron chi connectivity index (χ1n) is 2.13. The molecular weight excluding hydrogens is 92.1 g/mol. The molecule has 44 valence electrons. The summed E-state index contributed by atoms with van der Waals surface area (Å²) in [5, 5.41) is 0. The largest absolute Gasteiger partial charge is 0.351 e. The van der Waals surface area contributed by atoms with E-state index >= 15 is 0 Å². The lowest BCUT2D eigenvalue weighted by molar-refractivity contribution is -0.0254. The highest BCUT2D eigenvalue weighted by Crippen LogP contribution is 1.99. The molecule has 1 rings (SSSR count). The van der Waals surface area contributed by atoms with Gasteiger partial charge in [-0.25, -0.2) is 0 Å². The van der Waals surface area contributed by atoms with E-state index < -0.39 is 0 Å². The predicted octanol–water partition coefficient (Wildman–Crippen LogP) is 1.02. The Balaban J connectivity index is 0.000000360. The smallest absolute Gasteiger partial charge is 0.155 e. The van der Waals surface area contributed by atoms with Crippen LogP contribution in [-0.4, -0.2) is 19.5 Å². The van der Waals surface area contributed by atoms with E-state index in [9.17, 15) is 0 Å². The second-order valence-corrected chi connectivity index (χ2v) is 1.31. The minimum absolute atomic E-state index is 0. The molecule has 0 amide bonds. The highest BCUT2D eigenvalue weighted by molar-refractivity contribution is 4.40. The van der Waals surface area contributed by atoms with E-state index in [1.165, 1.54) is 0 Å². The van der Waals surface area contributed by atoms with Gasteiger partial charge in [0.2, 0.25) is 0 Å². The van der Waals surface area contributed by atoms with Gasteiger partial charge in [0, 0.05) is 0 Å². The molecule has 0 spiro atoms. The van der Waals surface area contributed by atoms with Gasteiger partial charge in [0.15, 0.2) is 6.29 Å². The first kappa shape index (κ1) is 6.92. The summed E-state index contributed by atoms with van der Waals surface area (Å²) in [6.45, 7) is 3.43. The van der Waals surface area contributed by atoms with Crippen molar-refractivity contribution in [1.29, 1.82) is 0 Å². The summed E-state index contributed by atoms with van der Waals surface area (Å²) in [6.07, 6.45) is 0.0463. The zero-order valence-electron chi connectivity index (χ0n) is 3.81. The molecule has 0 aromatic rings. The van der Waals surface area contributed by atoms with E-state index in [1.807, 2.05) is 6.92 Å². The Bertz CT molecular complexity index is 39.3. The van der Waals surface area contributed by atoms with Gasteiger partial charge in [-0.05, 0) is 6.92 Å². The maximum Gasteiger partial charge on any atom is 0.155 e. The van der Waals surface area contributed by atoms with Gasteiger partial charge in [0.1, 0.15) is 0 Å². The van der Waals surface area contributed by atoms with Crippen LogP contribution in [0.2, 0.25) is 0 Å². The molecule has 2 heteroatoms. The van der Waals surface area contributed by atoms with Crippen LogP contribution in [0.25, 0.3) is 0 Å². The van der Waals surface area contributed by atoms with Gasteiger partial charge >= 0.3 is 0 Å². The van der Waals surface area contributed by atoms with Crippen LogP contribution >= 0.6 is 0 Å². The molecule has 0 unspecified atom stereocenters. The normalized spacial score (nSPS) is 21.9. The Morgan fingerprint density at radius 1 is 1.29 bits per heavy atom. The molecule has 0 atom stereocenters. The Morgan fingerprint density at radius 2 is 1.71 bits per heavy atom. The number of hydrogen-bond donors (Lipinski definition) is 0. The molecule has 2 nitrogen and oxygen atoms in total. The standard InChI is InChI=1S/C4H8O2.CH4/c1-4-5-2-3-6-4;/h4H,2-3H2,1H3;1H4. The zero-order valence-corrected chi connectivity index (χ0v) is 3.81. The minimum atomic E-state index is 0. The topological polar surface area (TPSA) is 18.5 Å². The van der Waals surface area contributed by atoms with Crippen LogP contribution in [0, 0.1) is 0 Å². The summed E-state index contributed by atoms with van der Waals surface area (Å²) in [7, 11) is 0. The molecule has 0 N–H and O–H groups in total. The maximum absolute atomic E-state index is 4.93. The van der Waals surface area contributed by atoms with Gasteiger partial charge in [-0.2, -0.15) is 0 Å². The number of ether oxygens (including phenoxy) is 2. The molecule has 0 radical (unpaired) electrons. The van der Waals surface area contributed by atoms with Gasteiger partial charge in [0.05, 0.1) is 13.2 Å². The van der Waals surface area contributed by atoms with E-state index in [0.717, 1.165) is 13.2 Å². The summed E-state index contributed by atoms with van der Waals surface area (Å²) >= 11 is 0. The Morgan fingerprint density at radius 3 is 1.86 bits per heavy atom. The zero-order chi connectivity index (χ0) is 4.41. The van der Waals surface area contributed by atoms with Crippen molar-refractivity contribution in [1.82, 2.24) is 0 Å². The molecular formula is C5H12O2. The quantitative estimate of drug-likeness (QED) is 0.456. The van der Waals surface area contributed by atoms with Crippen LogP contribution in [-0.2, 0) is 9.47 Å². The van der Waals surface area contributed by atoms with Crippen LogP contribution in [0.4, 0.5) is 0 Å². The van der Waals surface area contributed by atoms with Crippen molar-refractivity contribution >= 4 is 0 Å². The van der Waals surface area contributed by atoms with Crippen molar-refractivity contribution in [2.75, 3.05) is 13.2 Å². The van der Waals surface area contributed by atoms with Crippen molar-refractivity contribution in [3.8, 4) is 0 Å². The lowest BCUT2D eigenvalue weighted by atomic mass is 10.8. The highest BCUT2D eigenvalue weighted by atomic mass is 16.7. The van der Waals surface area contributed by atoms with Crippen molar-refractivity contribution in [2.45, 2.75) is 20.6 Å². The Hall–Kier alpha value is -0.0800. The third kappa shape index (κ3) is 1.90. The molecule has 1 aliphatic heterocycles. The van der Waals surface area contributed by atoms with E-state index in [-0.39, 0.29) is 13.7 Å². The summed E-state index contributed by atoms with van der Waals surface area (Å²) in [4.78, 5) is 0. The van der Waals surface area contributed by atoms with E-state index in [2.05, 4.69) is 0 Å².